The van der Waals surface area contributed by atoms with Crippen molar-refractivity contribution < 1.29 is 27.6 Å². The van der Waals surface area contributed by atoms with Gasteiger partial charge < -0.3 is 5.32 Å². The van der Waals surface area contributed by atoms with Crippen LogP contribution in [-0.4, -0.2) is 29.7 Å². The van der Waals surface area contributed by atoms with Gasteiger partial charge in [-0.15, -0.1) is 0 Å². The second-order valence-corrected chi connectivity index (χ2v) is 5.86. The maximum atomic E-state index is 13.8. The van der Waals surface area contributed by atoms with Crippen LogP contribution in [0.2, 0.25) is 0 Å². The normalized spacial score (nSPS) is 19.7. The number of amides is 4. The summed E-state index contributed by atoms with van der Waals surface area (Å²) in [6.45, 7) is 0. The molecule has 1 heterocycles. The smallest absolute Gasteiger partial charge is 0.318 e. The van der Waals surface area contributed by atoms with Gasteiger partial charge in [-0.1, -0.05) is 48.5 Å². The van der Waals surface area contributed by atoms with Crippen molar-refractivity contribution in [3.63, 3.8) is 0 Å². The van der Waals surface area contributed by atoms with Crippen LogP contribution in [0.1, 0.15) is 5.56 Å². The van der Waals surface area contributed by atoms with E-state index in [-0.39, 0.29) is 12.1 Å². The molecule has 0 aliphatic carbocycles. The highest BCUT2D eigenvalue weighted by Crippen LogP contribution is 2.35. The number of rotatable bonds is 4. The Balaban J connectivity index is 1.91. The molecule has 2 N–H and O–H groups in total. The van der Waals surface area contributed by atoms with Crippen molar-refractivity contribution in [1.29, 1.82) is 0 Å². The molecule has 9 heteroatoms. The van der Waals surface area contributed by atoms with Gasteiger partial charge in [0.05, 0.1) is 12.1 Å². The number of hydrogen-bond donors (Lipinski definition) is 2. The van der Waals surface area contributed by atoms with Crippen LogP contribution in [0.15, 0.2) is 60.7 Å². The summed E-state index contributed by atoms with van der Waals surface area (Å²) in [4.78, 5) is 37.3. The van der Waals surface area contributed by atoms with Crippen molar-refractivity contribution >= 4 is 23.5 Å². The van der Waals surface area contributed by atoms with E-state index < -0.39 is 29.7 Å². The van der Waals surface area contributed by atoms with Crippen LogP contribution in [-0.2, 0) is 16.0 Å². The van der Waals surface area contributed by atoms with Gasteiger partial charge in [0.15, 0.2) is 0 Å². The van der Waals surface area contributed by atoms with Gasteiger partial charge in [0, 0.05) is 0 Å². The van der Waals surface area contributed by atoms with E-state index in [9.17, 15) is 27.6 Å². The molecule has 4 amide bonds. The van der Waals surface area contributed by atoms with Gasteiger partial charge in [-0.3, -0.25) is 14.9 Å². The fourth-order valence-electron chi connectivity index (χ4n) is 2.72. The number of urea groups is 1. The molecule has 140 valence electrons. The summed E-state index contributed by atoms with van der Waals surface area (Å²) < 4.78 is 41.3. The monoisotopic (exact) mass is 377 g/mol. The first kappa shape index (κ1) is 18.4. The Morgan fingerprint density at radius 2 is 1.56 bits per heavy atom. The van der Waals surface area contributed by atoms with Crippen molar-refractivity contribution in [3.05, 3.63) is 66.2 Å². The molecule has 0 spiro atoms. The zero-order chi connectivity index (χ0) is 19.7. The van der Waals surface area contributed by atoms with Crippen molar-refractivity contribution in [1.82, 2.24) is 10.6 Å². The highest BCUT2D eigenvalue weighted by atomic mass is 19.4. The Kier molecular flexibility index (Phi) is 4.61. The number of carbonyl (C=O) groups excluding carboxylic acids is 3. The fourth-order valence-corrected chi connectivity index (χ4v) is 2.72. The minimum atomic E-state index is -5.24. The molecule has 2 aromatic carbocycles. The van der Waals surface area contributed by atoms with Gasteiger partial charge in [0.2, 0.25) is 5.91 Å². The lowest BCUT2D eigenvalue weighted by molar-refractivity contribution is -0.201. The molecule has 0 aromatic heterocycles. The molecule has 2 aromatic rings. The first-order valence-corrected chi connectivity index (χ1v) is 7.88. The van der Waals surface area contributed by atoms with E-state index >= 15 is 0 Å². The predicted octanol–water partition coefficient (Wildman–Crippen LogP) is 2.36. The highest BCUT2D eigenvalue weighted by Gasteiger charge is 2.69. The third-order valence-electron chi connectivity index (χ3n) is 4.00. The standard InChI is InChI=1S/C18H14F3N3O3/c19-18(20,21)17(22-14(25)11-12-7-3-1-4-8-12)15(26)24(16(27)23-17)13-9-5-2-6-10-13/h1-10H,11H2,(H,22,25)(H,23,27). The number of hydrogen-bond acceptors (Lipinski definition) is 3. The molecule has 0 bridgehead atoms. The molecular formula is C18H14F3N3O3. The topological polar surface area (TPSA) is 78.5 Å². The van der Waals surface area contributed by atoms with Crippen molar-refractivity contribution in [2.24, 2.45) is 0 Å². The van der Waals surface area contributed by atoms with E-state index in [1.165, 1.54) is 24.3 Å². The van der Waals surface area contributed by atoms with E-state index in [2.05, 4.69) is 0 Å². The Hall–Kier alpha value is -3.36. The summed E-state index contributed by atoms with van der Waals surface area (Å²) in [5.41, 5.74) is -3.10. The second-order valence-electron chi connectivity index (χ2n) is 5.86. The predicted molar refractivity (Wildman–Crippen MR) is 89.5 cm³/mol. The lowest BCUT2D eigenvalue weighted by atomic mass is 10.1. The van der Waals surface area contributed by atoms with Crippen molar-refractivity contribution in [2.45, 2.75) is 18.3 Å². The molecule has 6 nitrogen and oxygen atoms in total. The van der Waals surface area contributed by atoms with Gasteiger partial charge in [0.1, 0.15) is 0 Å². The van der Waals surface area contributed by atoms with Gasteiger partial charge in [-0.25, -0.2) is 9.69 Å². The van der Waals surface area contributed by atoms with E-state index in [1.807, 2.05) is 0 Å². The fraction of sp³-hybridized carbons (Fsp3) is 0.167. The summed E-state index contributed by atoms with van der Waals surface area (Å²) in [6.07, 6.45) is -5.62. The molecular weight excluding hydrogens is 363 g/mol. The summed E-state index contributed by atoms with van der Waals surface area (Å²) in [5, 5.41) is 3.28. The van der Waals surface area contributed by atoms with Crippen LogP contribution in [0.4, 0.5) is 23.7 Å². The lowest BCUT2D eigenvalue weighted by Gasteiger charge is -2.29. The molecule has 1 saturated heterocycles. The number of imide groups is 1. The maximum Gasteiger partial charge on any atom is 0.440 e. The van der Waals surface area contributed by atoms with Crippen molar-refractivity contribution in [2.75, 3.05) is 4.90 Å². The van der Waals surface area contributed by atoms with Gasteiger partial charge in [-0.05, 0) is 17.7 Å². The number of carbonyl (C=O) groups is 3. The van der Waals surface area contributed by atoms with E-state index in [0.717, 1.165) is 0 Å². The lowest BCUT2D eigenvalue weighted by Crippen LogP contribution is -2.69. The first-order chi connectivity index (χ1) is 12.7. The molecule has 1 aliphatic heterocycles. The number of nitrogens with zero attached hydrogens (tertiary/aromatic N) is 1. The maximum absolute atomic E-state index is 13.8. The molecule has 0 saturated carbocycles. The molecule has 27 heavy (non-hydrogen) atoms. The van der Waals surface area contributed by atoms with Gasteiger partial charge >= 0.3 is 12.2 Å². The number of benzene rings is 2. The SMILES string of the molecule is O=C(Cc1ccccc1)NC1(C(F)(F)F)NC(=O)N(c2ccccc2)C1=O. The zero-order valence-corrected chi connectivity index (χ0v) is 13.8. The summed E-state index contributed by atoms with van der Waals surface area (Å²) >= 11 is 0. The number of nitrogens with one attached hydrogen (secondary N) is 2. The molecule has 3 rings (SSSR count). The summed E-state index contributed by atoms with van der Waals surface area (Å²) in [6, 6.07) is 13.9. The Morgan fingerprint density at radius 3 is 2.11 bits per heavy atom. The van der Waals surface area contributed by atoms with E-state index in [1.54, 1.807) is 47.0 Å². The molecule has 1 atom stereocenters. The average Bonchev–Trinajstić information content (AvgIpc) is 2.87. The number of anilines is 1. The third kappa shape index (κ3) is 3.35. The molecule has 1 aliphatic rings. The Bertz CT molecular complexity index is 872. The zero-order valence-electron chi connectivity index (χ0n) is 13.8. The quantitative estimate of drug-likeness (QED) is 0.803. The summed E-state index contributed by atoms with van der Waals surface area (Å²) in [5.74, 6) is -2.67. The number of alkyl halides is 3. The minimum Gasteiger partial charge on any atom is -0.318 e. The van der Waals surface area contributed by atoms with Crippen LogP contribution >= 0.6 is 0 Å². The van der Waals surface area contributed by atoms with Gasteiger partial charge in [0.25, 0.3) is 11.6 Å². The van der Waals surface area contributed by atoms with Crippen molar-refractivity contribution in [3.8, 4) is 0 Å². The highest BCUT2D eigenvalue weighted by molar-refractivity contribution is 6.24. The van der Waals surface area contributed by atoms with Crippen LogP contribution in [0, 0.1) is 0 Å². The second kappa shape index (κ2) is 6.75. The van der Waals surface area contributed by atoms with E-state index in [0.29, 0.717) is 10.5 Å². The first-order valence-electron chi connectivity index (χ1n) is 7.88. The third-order valence-corrected chi connectivity index (χ3v) is 4.00. The average molecular weight is 377 g/mol. The van der Waals surface area contributed by atoms with Crippen LogP contribution in [0.25, 0.3) is 0 Å². The van der Waals surface area contributed by atoms with E-state index in [4.69, 9.17) is 0 Å². The van der Waals surface area contributed by atoms with Crippen LogP contribution in [0.3, 0.4) is 0 Å². The van der Waals surface area contributed by atoms with Crippen LogP contribution < -0.4 is 15.5 Å². The summed E-state index contributed by atoms with van der Waals surface area (Å²) in [7, 11) is 0. The van der Waals surface area contributed by atoms with Crippen LogP contribution in [0.5, 0.6) is 0 Å². The molecule has 1 unspecified atom stereocenters. The molecule has 0 radical (unpaired) electrons. The Labute approximate surface area is 152 Å². The number of para-hydroxylation sites is 1. The minimum absolute atomic E-state index is 0.0385. The molecule has 1 fully saturated rings. The number of halogens is 3. The largest absolute Gasteiger partial charge is 0.440 e. The van der Waals surface area contributed by atoms with Gasteiger partial charge in [-0.2, -0.15) is 13.2 Å². The Morgan fingerprint density at radius 1 is 1.00 bits per heavy atom.